The Morgan fingerprint density at radius 2 is 2.55 bits per heavy atom. The highest BCUT2D eigenvalue weighted by atomic mass is 35.5. The second kappa shape index (κ2) is 3.54. The number of alkyl halides is 1. The normalized spacial score (nSPS) is 23.0. The van der Waals surface area contributed by atoms with Crippen LogP contribution in [0.5, 0.6) is 0 Å². The van der Waals surface area contributed by atoms with E-state index in [0.29, 0.717) is 6.54 Å². The number of carbonyl (C=O) groups is 2. The van der Waals surface area contributed by atoms with Gasteiger partial charge in [0.15, 0.2) is 0 Å². The van der Waals surface area contributed by atoms with Gasteiger partial charge in [0.1, 0.15) is 11.9 Å². The Hall–Kier alpha value is -0.810. The molecule has 0 aliphatic carbocycles. The van der Waals surface area contributed by atoms with Gasteiger partial charge >= 0.3 is 0 Å². The number of hydrogen-bond acceptors (Lipinski definition) is 3. The minimum absolute atomic E-state index is 0.121. The molecule has 1 atom stereocenters. The smallest absolute Gasteiger partial charge is 0.258 e. The van der Waals surface area contributed by atoms with Crippen LogP contribution in [0.3, 0.4) is 0 Å². The van der Waals surface area contributed by atoms with Crippen LogP contribution in [0.15, 0.2) is 0 Å². The van der Waals surface area contributed by atoms with Crippen molar-refractivity contribution >= 4 is 23.4 Å². The quantitative estimate of drug-likeness (QED) is 0.443. The van der Waals surface area contributed by atoms with Gasteiger partial charge in [-0.15, -0.1) is 11.6 Å². The zero-order valence-electron chi connectivity index (χ0n) is 5.69. The molecule has 0 spiro atoms. The first-order valence-electron chi connectivity index (χ1n) is 3.12. The van der Waals surface area contributed by atoms with Crippen molar-refractivity contribution in [2.24, 2.45) is 0 Å². The van der Waals surface area contributed by atoms with E-state index in [-0.39, 0.29) is 17.7 Å². The summed E-state index contributed by atoms with van der Waals surface area (Å²) in [7, 11) is 0. The van der Waals surface area contributed by atoms with Crippen molar-refractivity contribution in [2.45, 2.75) is 6.04 Å². The predicted octanol–water partition coefficient (Wildman–Crippen LogP) is -1.66. The molecule has 1 aliphatic rings. The highest BCUT2D eigenvalue weighted by Crippen LogP contribution is 1.88. The molecule has 11 heavy (non-hydrogen) atoms. The predicted molar refractivity (Wildman–Crippen MR) is 38.8 cm³/mol. The van der Waals surface area contributed by atoms with Gasteiger partial charge in [0, 0.05) is 6.54 Å². The maximum absolute atomic E-state index is 10.8. The molecule has 0 aromatic rings. The standard InChI is InChI=1S/C5H8ClN3O2/c6-1-4(10)8-3-2-7-9-5(3)11/h3,7H,1-2H2,(H,8,10)(H,9,11). The lowest BCUT2D eigenvalue weighted by Gasteiger charge is -2.05. The van der Waals surface area contributed by atoms with Gasteiger partial charge in [-0.25, -0.2) is 5.43 Å². The van der Waals surface area contributed by atoms with Gasteiger partial charge in [-0.3, -0.25) is 15.0 Å². The molecule has 2 amide bonds. The van der Waals surface area contributed by atoms with Gasteiger partial charge in [0.25, 0.3) is 5.91 Å². The SMILES string of the molecule is O=C(CCl)NC1CNNC1=O. The third-order valence-electron chi connectivity index (χ3n) is 1.29. The molecule has 62 valence electrons. The third-order valence-corrected chi connectivity index (χ3v) is 1.53. The van der Waals surface area contributed by atoms with Gasteiger partial charge in [-0.2, -0.15) is 0 Å². The topological polar surface area (TPSA) is 70.2 Å². The van der Waals surface area contributed by atoms with E-state index in [1.807, 2.05) is 0 Å². The fourth-order valence-corrected chi connectivity index (χ4v) is 0.847. The number of amides is 2. The van der Waals surface area contributed by atoms with Gasteiger partial charge in [-0.1, -0.05) is 0 Å². The van der Waals surface area contributed by atoms with Crippen molar-refractivity contribution in [1.82, 2.24) is 16.2 Å². The van der Waals surface area contributed by atoms with E-state index >= 15 is 0 Å². The van der Waals surface area contributed by atoms with Crippen LogP contribution in [0.2, 0.25) is 0 Å². The van der Waals surface area contributed by atoms with Crippen molar-refractivity contribution in [3.05, 3.63) is 0 Å². The fourth-order valence-electron chi connectivity index (χ4n) is 0.770. The van der Waals surface area contributed by atoms with Crippen LogP contribution >= 0.6 is 11.6 Å². The molecule has 0 aromatic heterocycles. The highest BCUT2D eigenvalue weighted by molar-refractivity contribution is 6.27. The molecule has 0 radical (unpaired) electrons. The van der Waals surface area contributed by atoms with Gasteiger partial charge in [0.2, 0.25) is 5.91 Å². The summed E-state index contributed by atoms with van der Waals surface area (Å²) < 4.78 is 0. The molecule has 6 heteroatoms. The summed E-state index contributed by atoms with van der Waals surface area (Å²) in [5.41, 5.74) is 4.95. The van der Waals surface area contributed by atoms with Crippen molar-refractivity contribution in [2.75, 3.05) is 12.4 Å². The molecule has 5 nitrogen and oxygen atoms in total. The van der Waals surface area contributed by atoms with Crippen LogP contribution < -0.4 is 16.2 Å². The van der Waals surface area contributed by atoms with Crippen LogP contribution in [0.4, 0.5) is 0 Å². The minimum atomic E-state index is -0.485. The summed E-state index contributed by atoms with van der Waals surface area (Å²) in [6.07, 6.45) is 0. The van der Waals surface area contributed by atoms with E-state index in [4.69, 9.17) is 11.6 Å². The Bertz CT molecular complexity index is 185. The maximum atomic E-state index is 10.8. The first-order valence-corrected chi connectivity index (χ1v) is 3.65. The Balaban J connectivity index is 2.36. The van der Waals surface area contributed by atoms with E-state index in [2.05, 4.69) is 16.2 Å². The van der Waals surface area contributed by atoms with Crippen LogP contribution in [0.1, 0.15) is 0 Å². The molecule has 1 rings (SSSR count). The molecule has 1 saturated heterocycles. The lowest BCUT2D eigenvalue weighted by molar-refractivity contribution is -0.126. The average molecular weight is 178 g/mol. The summed E-state index contributed by atoms with van der Waals surface area (Å²) in [5, 5.41) is 2.43. The monoisotopic (exact) mass is 177 g/mol. The maximum Gasteiger partial charge on any atom is 0.258 e. The first-order chi connectivity index (χ1) is 5.24. The number of halogens is 1. The molecule has 1 unspecified atom stereocenters. The molecule has 3 N–H and O–H groups in total. The van der Waals surface area contributed by atoms with E-state index in [1.165, 1.54) is 0 Å². The second-order valence-electron chi connectivity index (χ2n) is 2.12. The zero-order chi connectivity index (χ0) is 8.27. The molecule has 0 saturated carbocycles. The Morgan fingerprint density at radius 3 is 3.00 bits per heavy atom. The molecule has 0 aromatic carbocycles. The largest absolute Gasteiger partial charge is 0.342 e. The molecule has 1 fully saturated rings. The average Bonchev–Trinajstić information content (AvgIpc) is 2.37. The Kier molecular flexibility index (Phi) is 2.67. The van der Waals surface area contributed by atoms with E-state index in [1.54, 1.807) is 0 Å². The van der Waals surface area contributed by atoms with Crippen molar-refractivity contribution in [1.29, 1.82) is 0 Å². The summed E-state index contributed by atoms with van der Waals surface area (Å²) in [6.45, 7) is 0.404. The van der Waals surface area contributed by atoms with Crippen LogP contribution in [0.25, 0.3) is 0 Å². The lowest BCUT2D eigenvalue weighted by Crippen LogP contribution is -2.42. The highest BCUT2D eigenvalue weighted by Gasteiger charge is 2.24. The molecule has 1 aliphatic heterocycles. The Labute approximate surface area is 68.4 Å². The van der Waals surface area contributed by atoms with Crippen molar-refractivity contribution < 1.29 is 9.59 Å². The molecule has 0 bridgehead atoms. The van der Waals surface area contributed by atoms with Crippen molar-refractivity contribution in [3.63, 3.8) is 0 Å². The summed E-state index contributed by atoms with van der Waals surface area (Å²) >= 11 is 5.21. The zero-order valence-corrected chi connectivity index (χ0v) is 6.44. The molecule has 1 heterocycles. The van der Waals surface area contributed by atoms with E-state index in [0.717, 1.165) is 0 Å². The summed E-state index contributed by atoms with van der Waals surface area (Å²) in [5.74, 6) is -0.692. The second-order valence-corrected chi connectivity index (χ2v) is 2.39. The summed E-state index contributed by atoms with van der Waals surface area (Å²) in [4.78, 5) is 21.5. The van der Waals surface area contributed by atoms with Crippen LogP contribution in [0, 0.1) is 0 Å². The Morgan fingerprint density at radius 1 is 1.82 bits per heavy atom. The van der Waals surface area contributed by atoms with Gasteiger partial charge in [0.05, 0.1) is 0 Å². The number of nitrogens with one attached hydrogen (secondary N) is 3. The van der Waals surface area contributed by atoms with Gasteiger partial charge < -0.3 is 5.32 Å². The first kappa shape index (κ1) is 8.29. The van der Waals surface area contributed by atoms with Crippen LogP contribution in [-0.2, 0) is 9.59 Å². The van der Waals surface area contributed by atoms with E-state index in [9.17, 15) is 9.59 Å². The fraction of sp³-hybridized carbons (Fsp3) is 0.600. The third kappa shape index (κ3) is 2.06. The van der Waals surface area contributed by atoms with Gasteiger partial charge in [-0.05, 0) is 0 Å². The number of hydrazine groups is 1. The number of hydrogen-bond donors (Lipinski definition) is 3. The van der Waals surface area contributed by atoms with Crippen LogP contribution in [-0.4, -0.2) is 30.3 Å². The lowest BCUT2D eigenvalue weighted by atomic mass is 10.3. The number of rotatable bonds is 2. The van der Waals surface area contributed by atoms with E-state index < -0.39 is 6.04 Å². The minimum Gasteiger partial charge on any atom is -0.342 e. The summed E-state index contributed by atoms with van der Waals surface area (Å²) in [6, 6.07) is -0.485. The van der Waals surface area contributed by atoms with Crippen molar-refractivity contribution in [3.8, 4) is 0 Å². The molecular weight excluding hydrogens is 170 g/mol. The number of carbonyl (C=O) groups excluding carboxylic acids is 2. The molecular formula is C5H8ClN3O2.